The normalized spacial score (nSPS) is 11.9. The summed E-state index contributed by atoms with van der Waals surface area (Å²) in [5, 5.41) is 12.8. The number of benzene rings is 1. The van der Waals surface area contributed by atoms with Gasteiger partial charge in [-0.2, -0.15) is 0 Å². The van der Waals surface area contributed by atoms with Crippen molar-refractivity contribution in [1.82, 2.24) is 15.0 Å². The van der Waals surface area contributed by atoms with Crippen LogP contribution in [0.2, 0.25) is 0 Å². The van der Waals surface area contributed by atoms with Crippen molar-refractivity contribution in [3.8, 4) is 11.4 Å². The number of aliphatic hydroxyl groups is 1. The third-order valence-electron chi connectivity index (χ3n) is 3.72. The summed E-state index contributed by atoms with van der Waals surface area (Å²) in [4.78, 5) is 13.2. The van der Waals surface area contributed by atoms with E-state index in [1.54, 1.807) is 12.4 Å². The molecule has 0 saturated carbocycles. The Balaban J connectivity index is 1.89. The summed E-state index contributed by atoms with van der Waals surface area (Å²) in [5.74, 6) is 1.38. The average molecular weight is 320 g/mol. The molecule has 0 saturated heterocycles. The highest BCUT2D eigenvalue weighted by Crippen LogP contribution is 2.23. The molecule has 0 amide bonds. The van der Waals surface area contributed by atoms with Crippen LogP contribution in [0.5, 0.6) is 0 Å². The van der Waals surface area contributed by atoms with Gasteiger partial charge >= 0.3 is 0 Å². The van der Waals surface area contributed by atoms with Gasteiger partial charge in [0.1, 0.15) is 5.82 Å². The molecule has 0 aliphatic rings. The van der Waals surface area contributed by atoms with Crippen LogP contribution in [0, 0.1) is 6.92 Å². The molecule has 0 aliphatic heterocycles. The van der Waals surface area contributed by atoms with E-state index >= 15 is 0 Å². The number of hydrogen-bond acceptors (Lipinski definition) is 5. The smallest absolute Gasteiger partial charge is 0.163 e. The molecule has 0 aliphatic carbocycles. The van der Waals surface area contributed by atoms with Crippen molar-refractivity contribution < 1.29 is 5.11 Å². The first-order valence-electron chi connectivity index (χ1n) is 7.94. The van der Waals surface area contributed by atoms with Crippen LogP contribution in [0.4, 0.5) is 5.82 Å². The molecule has 1 atom stereocenters. The Labute approximate surface area is 141 Å². The summed E-state index contributed by atoms with van der Waals surface area (Å²) >= 11 is 0. The van der Waals surface area contributed by atoms with E-state index in [0.29, 0.717) is 12.2 Å². The molecule has 24 heavy (non-hydrogen) atoms. The molecule has 5 heteroatoms. The molecule has 0 unspecified atom stereocenters. The molecule has 3 aromatic rings. The Bertz CT molecular complexity index is 778. The van der Waals surface area contributed by atoms with Crippen LogP contribution in [-0.2, 0) is 0 Å². The summed E-state index contributed by atoms with van der Waals surface area (Å²) in [5.41, 5.74) is 2.87. The second kappa shape index (κ2) is 7.66. The number of nitrogens with one attached hydrogen (secondary N) is 1. The molecule has 0 fully saturated rings. The van der Waals surface area contributed by atoms with Gasteiger partial charge in [-0.25, -0.2) is 9.97 Å². The van der Waals surface area contributed by atoms with Gasteiger partial charge in [-0.15, -0.1) is 0 Å². The summed E-state index contributed by atoms with van der Waals surface area (Å²) in [7, 11) is 0. The zero-order valence-corrected chi connectivity index (χ0v) is 13.6. The van der Waals surface area contributed by atoms with Crippen molar-refractivity contribution in [2.75, 3.05) is 11.9 Å². The second-order valence-corrected chi connectivity index (χ2v) is 5.58. The molecule has 5 nitrogen and oxygen atoms in total. The predicted octanol–water partition coefficient (Wildman–Crippen LogP) is 3.38. The molecular formula is C19H20N4O. The summed E-state index contributed by atoms with van der Waals surface area (Å²) in [6, 6.07) is 15.8. The molecule has 2 heterocycles. The lowest BCUT2D eigenvalue weighted by atomic mass is 10.0. The second-order valence-electron chi connectivity index (χ2n) is 5.58. The van der Waals surface area contributed by atoms with Crippen molar-refractivity contribution in [3.05, 3.63) is 72.2 Å². The minimum Gasteiger partial charge on any atom is -0.396 e. The Morgan fingerprint density at radius 1 is 1.08 bits per heavy atom. The van der Waals surface area contributed by atoms with E-state index in [-0.39, 0.29) is 12.6 Å². The third-order valence-corrected chi connectivity index (χ3v) is 3.72. The summed E-state index contributed by atoms with van der Waals surface area (Å²) in [6.45, 7) is 2.04. The largest absolute Gasteiger partial charge is 0.396 e. The number of hydrogen-bond donors (Lipinski definition) is 2. The lowest BCUT2D eigenvalue weighted by molar-refractivity contribution is 0.280. The first kappa shape index (κ1) is 16.1. The minimum absolute atomic E-state index is 0.00718. The van der Waals surface area contributed by atoms with Crippen LogP contribution in [0.1, 0.15) is 23.7 Å². The number of aryl methyl sites for hydroxylation is 1. The van der Waals surface area contributed by atoms with Crippen LogP contribution in [0.3, 0.4) is 0 Å². The van der Waals surface area contributed by atoms with Crippen molar-refractivity contribution >= 4 is 5.82 Å². The quantitative estimate of drug-likeness (QED) is 0.728. The summed E-state index contributed by atoms with van der Waals surface area (Å²) < 4.78 is 0. The number of anilines is 1. The highest BCUT2D eigenvalue weighted by molar-refractivity contribution is 5.56. The standard InChI is InChI=1S/C19H20N4O/c1-14-12-18(23-19(21-14)16-8-5-10-20-13-16)22-17(9-11-24)15-6-3-2-4-7-15/h2-8,10,12-13,17,24H,9,11H2,1H3,(H,21,22,23)/t17-/m0/s1. The van der Waals surface area contributed by atoms with Gasteiger partial charge in [0.25, 0.3) is 0 Å². The fourth-order valence-corrected chi connectivity index (χ4v) is 2.58. The van der Waals surface area contributed by atoms with E-state index in [1.807, 2.05) is 55.5 Å². The number of aromatic nitrogens is 3. The van der Waals surface area contributed by atoms with Gasteiger partial charge in [-0.05, 0) is 31.0 Å². The third kappa shape index (κ3) is 3.94. The van der Waals surface area contributed by atoms with Crippen LogP contribution in [0.25, 0.3) is 11.4 Å². The highest BCUT2D eigenvalue weighted by atomic mass is 16.3. The average Bonchev–Trinajstić information content (AvgIpc) is 2.62. The highest BCUT2D eigenvalue weighted by Gasteiger charge is 2.13. The Morgan fingerprint density at radius 3 is 2.62 bits per heavy atom. The molecule has 0 radical (unpaired) electrons. The van der Waals surface area contributed by atoms with Crippen LogP contribution >= 0.6 is 0 Å². The fraction of sp³-hybridized carbons (Fsp3) is 0.211. The first-order chi connectivity index (χ1) is 11.8. The van der Waals surface area contributed by atoms with Crippen molar-refractivity contribution in [2.45, 2.75) is 19.4 Å². The molecule has 2 aromatic heterocycles. The molecule has 3 rings (SSSR count). The fourth-order valence-electron chi connectivity index (χ4n) is 2.58. The van der Waals surface area contributed by atoms with Crippen molar-refractivity contribution in [3.63, 3.8) is 0 Å². The Morgan fingerprint density at radius 2 is 1.92 bits per heavy atom. The van der Waals surface area contributed by atoms with Crippen LogP contribution < -0.4 is 5.32 Å². The lowest BCUT2D eigenvalue weighted by Crippen LogP contribution is -2.14. The maximum absolute atomic E-state index is 9.38. The van der Waals surface area contributed by atoms with E-state index < -0.39 is 0 Å². The number of rotatable bonds is 6. The molecule has 0 bridgehead atoms. The van der Waals surface area contributed by atoms with Crippen molar-refractivity contribution in [2.24, 2.45) is 0 Å². The van der Waals surface area contributed by atoms with Gasteiger partial charge in [0.05, 0.1) is 6.04 Å². The monoisotopic (exact) mass is 320 g/mol. The van der Waals surface area contributed by atoms with Gasteiger partial charge in [0.15, 0.2) is 5.82 Å². The van der Waals surface area contributed by atoms with E-state index in [9.17, 15) is 5.11 Å². The van der Waals surface area contributed by atoms with E-state index in [0.717, 1.165) is 22.6 Å². The zero-order valence-electron chi connectivity index (χ0n) is 13.6. The minimum atomic E-state index is -0.00718. The Kier molecular flexibility index (Phi) is 5.13. The predicted molar refractivity (Wildman–Crippen MR) is 94.5 cm³/mol. The first-order valence-corrected chi connectivity index (χ1v) is 7.94. The SMILES string of the molecule is Cc1cc(N[C@@H](CCO)c2ccccc2)nc(-c2cccnc2)n1. The van der Waals surface area contributed by atoms with Crippen LogP contribution in [-0.4, -0.2) is 26.7 Å². The van der Waals surface area contributed by atoms with Crippen LogP contribution in [0.15, 0.2) is 60.9 Å². The molecule has 122 valence electrons. The van der Waals surface area contributed by atoms with Crippen molar-refractivity contribution in [1.29, 1.82) is 0 Å². The number of pyridine rings is 1. The van der Waals surface area contributed by atoms with E-state index in [2.05, 4.69) is 20.3 Å². The lowest BCUT2D eigenvalue weighted by Gasteiger charge is -2.19. The topological polar surface area (TPSA) is 70.9 Å². The zero-order chi connectivity index (χ0) is 16.8. The number of nitrogens with zero attached hydrogens (tertiary/aromatic N) is 3. The maximum Gasteiger partial charge on any atom is 0.163 e. The van der Waals surface area contributed by atoms with Gasteiger partial charge in [-0.3, -0.25) is 4.98 Å². The maximum atomic E-state index is 9.38. The van der Waals surface area contributed by atoms with Gasteiger partial charge < -0.3 is 10.4 Å². The van der Waals surface area contributed by atoms with E-state index in [4.69, 9.17) is 0 Å². The van der Waals surface area contributed by atoms with E-state index in [1.165, 1.54) is 0 Å². The molecule has 0 spiro atoms. The molecule has 1 aromatic carbocycles. The van der Waals surface area contributed by atoms with Gasteiger partial charge in [0.2, 0.25) is 0 Å². The molecular weight excluding hydrogens is 300 g/mol. The summed E-state index contributed by atoms with van der Waals surface area (Å²) in [6.07, 6.45) is 4.08. The van der Waals surface area contributed by atoms with Gasteiger partial charge in [0, 0.05) is 36.3 Å². The molecule has 2 N–H and O–H groups in total. The Hall–Kier alpha value is -2.79. The number of aliphatic hydroxyl groups excluding tert-OH is 1. The van der Waals surface area contributed by atoms with Gasteiger partial charge in [-0.1, -0.05) is 30.3 Å².